The van der Waals surface area contributed by atoms with Gasteiger partial charge in [0.15, 0.2) is 11.5 Å². The number of hydrogen-bond acceptors (Lipinski definition) is 5. The van der Waals surface area contributed by atoms with E-state index in [0.29, 0.717) is 23.7 Å². The Labute approximate surface area is 178 Å². The molecule has 0 N–H and O–H groups in total. The highest BCUT2D eigenvalue weighted by Gasteiger charge is 2.32. The molecule has 1 aliphatic rings. The van der Waals surface area contributed by atoms with Crippen LogP contribution in [-0.2, 0) is 6.54 Å². The summed E-state index contributed by atoms with van der Waals surface area (Å²) < 4.78 is 51.8. The molecule has 164 valence electrons. The van der Waals surface area contributed by atoms with Gasteiger partial charge in [0.05, 0.1) is 24.9 Å². The number of methoxy groups -OCH3 is 2. The molecular formula is C21H24ClF3N2O3. The lowest BCUT2D eigenvalue weighted by Gasteiger charge is -2.41. The van der Waals surface area contributed by atoms with Crippen LogP contribution in [0.2, 0.25) is 5.02 Å². The number of halogens is 4. The number of alkyl halides is 3. The van der Waals surface area contributed by atoms with Crippen LogP contribution in [0.3, 0.4) is 0 Å². The van der Waals surface area contributed by atoms with Crippen molar-refractivity contribution >= 4 is 17.3 Å². The smallest absolute Gasteiger partial charge is 0.493 e. The van der Waals surface area contributed by atoms with E-state index >= 15 is 0 Å². The molecule has 2 aromatic rings. The monoisotopic (exact) mass is 444 g/mol. The molecule has 3 rings (SSSR count). The predicted octanol–water partition coefficient (Wildman–Crippen LogP) is 4.97. The normalized spacial score (nSPS) is 17.7. The standard InChI is InChI=1S/C21H24ClF3N2O3/c1-14-12-26(13-15-4-7-19(28-2)20(10-15)29-3)8-9-27(14)18-6-5-16(11-17(18)22)30-21(23,24)25/h4-7,10-11,14H,8-9,12-13H2,1-3H3/t14-/m1/s1. The van der Waals surface area contributed by atoms with Crippen LogP contribution in [-0.4, -0.2) is 51.2 Å². The Morgan fingerprint density at radius 3 is 2.37 bits per heavy atom. The van der Waals surface area contributed by atoms with Crippen molar-refractivity contribution in [2.45, 2.75) is 25.9 Å². The van der Waals surface area contributed by atoms with E-state index in [0.717, 1.165) is 25.2 Å². The van der Waals surface area contributed by atoms with Gasteiger partial charge >= 0.3 is 6.36 Å². The molecular weight excluding hydrogens is 421 g/mol. The first-order chi connectivity index (χ1) is 14.2. The van der Waals surface area contributed by atoms with E-state index in [1.807, 2.05) is 18.2 Å². The van der Waals surface area contributed by atoms with Gasteiger partial charge in [-0.3, -0.25) is 4.90 Å². The average Bonchev–Trinajstić information content (AvgIpc) is 2.67. The fourth-order valence-electron chi connectivity index (χ4n) is 3.69. The predicted molar refractivity (Wildman–Crippen MR) is 110 cm³/mol. The third kappa shape index (κ3) is 5.43. The highest BCUT2D eigenvalue weighted by Crippen LogP contribution is 2.34. The van der Waals surface area contributed by atoms with Crippen molar-refractivity contribution in [3.63, 3.8) is 0 Å². The first-order valence-electron chi connectivity index (χ1n) is 9.45. The molecule has 0 spiro atoms. The van der Waals surface area contributed by atoms with E-state index in [1.54, 1.807) is 20.3 Å². The van der Waals surface area contributed by atoms with Crippen LogP contribution < -0.4 is 19.1 Å². The number of benzene rings is 2. The van der Waals surface area contributed by atoms with Gasteiger partial charge in [-0.1, -0.05) is 17.7 Å². The summed E-state index contributed by atoms with van der Waals surface area (Å²) in [6, 6.07) is 10.1. The van der Waals surface area contributed by atoms with Gasteiger partial charge in [0.25, 0.3) is 0 Å². The molecule has 1 atom stereocenters. The van der Waals surface area contributed by atoms with Crippen molar-refractivity contribution in [2.24, 2.45) is 0 Å². The fourth-order valence-corrected chi connectivity index (χ4v) is 3.97. The molecule has 30 heavy (non-hydrogen) atoms. The quantitative estimate of drug-likeness (QED) is 0.628. The van der Waals surface area contributed by atoms with Crippen molar-refractivity contribution in [1.82, 2.24) is 4.90 Å². The maximum absolute atomic E-state index is 12.4. The van der Waals surface area contributed by atoms with Crippen LogP contribution in [0, 0.1) is 0 Å². The van der Waals surface area contributed by atoms with Gasteiger partial charge in [0.2, 0.25) is 0 Å². The Hall–Kier alpha value is -2.32. The second-order valence-electron chi connectivity index (χ2n) is 7.13. The van der Waals surface area contributed by atoms with Gasteiger partial charge in [-0.25, -0.2) is 0 Å². The van der Waals surface area contributed by atoms with E-state index in [-0.39, 0.29) is 16.8 Å². The Kier molecular flexibility index (Phi) is 6.88. The lowest BCUT2D eigenvalue weighted by molar-refractivity contribution is -0.274. The first-order valence-corrected chi connectivity index (χ1v) is 9.83. The Morgan fingerprint density at radius 2 is 1.77 bits per heavy atom. The van der Waals surface area contributed by atoms with E-state index in [4.69, 9.17) is 21.1 Å². The van der Waals surface area contributed by atoms with Gasteiger partial charge in [-0.15, -0.1) is 13.2 Å². The van der Waals surface area contributed by atoms with E-state index in [9.17, 15) is 13.2 Å². The number of hydrogen-bond donors (Lipinski definition) is 0. The highest BCUT2D eigenvalue weighted by molar-refractivity contribution is 6.33. The lowest BCUT2D eigenvalue weighted by atomic mass is 10.1. The summed E-state index contributed by atoms with van der Waals surface area (Å²) in [5, 5.41) is 0.233. The summed E-state index contributed by atoms with van der Waals surface area (Å²) in [6.07, 6.45) is -4.74. The van der Waals surface area contributed by atoms with Gasteiger partial charge in [0.1, 0.15) is 5.75 Å². The van der Waals surface area contributed by atoms with Crippen LogP contribution in [0.4, 0.5) is 18.9 Å². The maximum Gasteiger partial charge on any atom is 0.573 e. The zero-order valence-corrected chi connectivity index (χ0v) is 17.8. The largest absolute Gasteiger partial charge is 0.573 e. The van der Waals surface area contributed by atoms with Crippen LogP contribution in [0.1, 0.15) is 12.5 Å². The van der Waals surface area contributed by atoms with Crippen LogP contribution in [0.25, 0.3) is 0 Å². The molecule has 5 nitrogen and oxygen atoms in total. The molecule has 0 aliphatic carbocycles. The summed E-state index contributed by atoms with van der Waals surface area (Å²) in [7, 11) is 3.21. The molecule has 1 aliphatic heterocycles. The second kappa shape index (κ2) is 9.22. The summed E-state index contributed by atoms with van der Waals surface area (Å²) in [6.45, 7) is 5.09. The second-order valence-corrected chi connectivity index (χ2v) is 7.54. The Morgan fingerprint density at radius 1 is 1.03 bits per heavy atom. The SMILES string of the molecule is COc1ccc(CN2CCN(c3ccc(OC(F)(F)F)cc3Cl)[C@H](C)C2)cc1OC. The van der Waals surface area contributed by atoms with Gasteiger partial charge < -0.3 is 19.1 Å². The van der Waals surface area contributed by atoms with E-state index < -0.39 is 6.36 Å². The first kappa shape index (κ1) is 22.4. The topological polar surface area (TPSA) is 34.2 Å². The van der Waals surface area contributed by atoms with Crippen molar-refractivity contribution in [2.75, 3.05) is 38.8 Å². The maximum atomic E-state index is 12.4. The third-order valence-corrected chi connectivity index (χ3v) is 5.33. The third-order valence-electron chi connectivity index (χ3n) is 5.03. The number of anilines is 1. The fraction of sp³-hybridized carbons (Fsp3) is 0.429. The van der Waals surface area contributed by atoms with Gasteiger partial charge in [0, 0.05) is 38.3 Å². The van der Waals surface area contributed by atoms with Crippen molar-refractivity contribution in [1.29, 1.82) is 0 Å². The Balaban J connectivity index is 1.65. The summed E-state index contributed by atoms with van der Waals surface area (Å²) >= 11 is 6.26. The van der Waals surface area contributed by atoms with E-state index in [2.05, 4.69) is 21.5 Å². The number of ether oxygens (including phenoxy) is 3. The van der Waals surface area contributed by atoms with Gasteiger partial charge in [-0.2, -0.15) is 0 Å². The van der Waals surface area contributed by atoms with Crippen LogP contribution in [0.15, 0.2) is 36.4 Å². The highest BCUT2D eigenvalue weighted by atomic mass is 35.5. The number of rotatable bonds is 6. The average molecular weight is 445 g/mol. The minimum absolute atomic E-state index is 0.130. The van der Waals surface area contributed by atoms with E-state index in [1.165, 1.54) is 12.1 Å². The molecule has 1 fully saturated rings. The molecule has 0 bridgehead atoms. The summed E-state index contributed by atoms with van der Waals surface area (Å²) in [5.41, 5.74) is 1.81. The lowest BCUT2D eigenvalue weighted by Crippen LogP contribution is -2.51. The zero-order valence-electron chi connectivity index (χ0n) is 17.0. The number of piperazine rings is 1. The minimum Gasteiger partial charge on any atom is -0.493 e. The van der Waals surface area contributed by atoms with Crippen molar-refractivity contribution in [3.05, 3.63) is 47.0 Å². The molecule has 0 aromatic heterocycles. The zero-order chi connectivity index (χ0) is 21.9. The van der Waals surface area contributed by atoms with Crippen molar-refractivity contribution < 1.29 is 27.4 Å². The molecule has 0 unspecified atom stereocenters. The van der Waals surface area contributed by atoms with Crippen LogP contribution in [0.5, 0.6) is 17.2 Å². The molecule has 0 amide bonds. The molecule has 1 saturated heterocycles. The molecule has 2 aromatic carbocycles. The van der Waals surface area contributed by atoms with Crippen LogP contribution >= 0.6 is 11.6 Å². The Bertz CT molecular complexity index is 879. The molecule has 9 heteroatoms. The van der Waals surface area contributed by atoms with Crippen molar-refractivity contribution in [3.8, 4) is 17.2 Å². The van der Waals surface area contributed by atoms with Gasteiger partial charge in [-0.05, 0) is 36.8 Å². The molecule has 1 heterocycles. The number of nitrogens with zero attached hydrogens (tertiary/aromatic N) is 2. The molecule has 0 saturated carbocycles. The minimum atomic E-state index is -4.74. The molecule has 0 radical (unpaired) electrons. The summed E-state index contributed by atoms with van der Waals surface area (Å²) in [5.74, 6) is 1.05. The summed E-state index contributed by atoms with van der Waals surface area (Å²) in [4.78, 5) is 4.42.